The Morgan fingerprint density at radius 2 is 1.94 bits per heavy atom. The molecular formula is C13H22IN3O. The van der Waals surface area contributed by atoms with Gasteiger partial charge in [0.1, 0.15) is 11.9 Å². The molecule has 102 valence electrons. The van der Waals surface area contributed by atoms with Gasteiger partial charge in [-0.2, -0.15) is 0 Å². The average molecular weight is 363 g/mol. The summed E-state index contributed by atoms with van der Waals surface area (Å²) in [6, 6.07) is 0. The van der Waals surface area contributed by atoms with E-state index in [1.807, 2.05) is 6.92 Å². The lowest BCUT2D eigenvalue weighted by Crippen LogP contribution is -2.17. The fourth-order valence-electron chi connectivity index (χ4n) is 1.81. The van der Waals surface area contributed by atoms with E-state index < -0.39 is 0 Å². The maximum atomic E-state index is 5.97. The molecule has 0 bridgehead atoms. The fraction of sp³-hybridized carbons (Fsp3) is 0.692. The Bertz CT molecular complexity index is 396. The number of nitrogen functional groups attached to an aromatic ring is 1. The maximum Gasteiger partial charge on any atom is 0.160 e. The number of ether oxygens (including phenoxy) is 1. The molecule has 1 heterocycles. The van der Waals surface area contributed by atoms with Crippen molar-refractivity contribution in [1.29, 1.82) is 0 Å². The molecule has 1 unspecified atom stereocenters. The second-order valence-electron chi connectivity index (χ2n) is 4.60. The van der Waals surface area contributed by atoms with Crippen LogP contribution in [0.1, 0.15) is 51.7 Å². The van der Waals surface area contributed by atoms with Crippen molar-refractivity contribution in [3.05, 3.63) is 15.1 Å². The van der Waals surface area contributed by atoms with Crippen molar-refractivity contribution in [2.24, 2.45) is 5.92 Å². The van der Waals surface area contributed by atoms with Gasteiger partial charge in [-0.25, -0.2) is 9.97 Å². The van der Waals surface area contributed by atoms with Crippen LogP contribution in [0.15, 0.2) is 0 Å². The molecule has 2 N–H and O–H groups in total. The molecule has 0 amide bonds. The molecule has 0 radical (unpaired) electrons. The number of nitrogens with two attached hydrogens (primary N) is 1. The number of halogens is 1. The Labute approximate surface area is 123 Å². The zero-order valence-corrected chi connectivity index (χ0v) is 13.7. The van der Waals surface area contributed by atoms with E-state index in [1.165, 1.54) is 0 Å². The van der Waals surface area contributed by atoms with Crippen molar-refractivity contribution in [3.63, 3.8) is 0 Å². The summed E-state index contributed by atoms with van der Waals surface area (Å²) in [6.07, 6.45) is 1.90. The van der Waals surface area contributed by atoms with E-state index in [2.05, 4.69) is 53.3 Å². The van der Waals surface area contributed by atoms with Crippen molar-refractivity contribution in [2.45, 2.75) is 46.6 Å². The minimum absolute atomic E-state index is 0.0788. The summed E-state index contributed by atoms with van der Waals surface area (Å²) in [5.74, 6) is 1.61. The smallest absolute Gasteiger partial charge is 0.160 e. The molecule has 0 spiro atoms. The van der Waals surface area contributed by atoms with Gasteiger partial charge in [0.25, 0.3) is 0 Å². The first-order chi connectivity index (χ1) is 8.51. The summed E-state index contributed by atoms with van der Waals surface area (Å²) in [4.78, 5) is 9.03. The SMILES string of the molecule is CCCc1nc(C(OCC)C(C)C)nc(N)c1I. The van der Waals surface area contributed by atoms with E-state index in [9.17, 15) is 0 Å². The van der Waals surface area contributed by atoms with Crippen LogP contribution < -0.4 is 5.73 Å². The number of anilines is 1. The largest absolute Gasteiger partial charge is 0.383 e. The van der Waals surface area contributed by atoms with Crippen LogP contribution in [0.25, 0.3) is 0 Å². The van der Waals surface area contributed by atoms with E-state index in [1.54, 1.807) is 0 Å². The van der Waals surface area contributed by atoms with E-state index >= 15 is 0 Å². The summed E-state index contributed by atoms with van der Waals surface area (Å²) in [5, 5.41) is 0. The fourth-order valence-corrected chi connectivity index (χ4v) is 2.32. The predicted octanol–water partition coefficient (Wildman–Crippen LogP) is 3.35. The Kier molecular flexibility index (Phi) is 6.28. The summed E-state index contributed by atoms with van der Waals surface area (Å²) in [5.41, 5.74) is 7.00. The van der Waals surface area contributed by atoms with E-state index in [4.69, 9.17) is 10.5 Å². The van der Waals surface area contributed by atoms with Crippen molar-refractivity contribution >= 4 is 28.4 Å². The first kappa shape index (κ1) is 15.6. The predicted molar refractivity (Wildman–Crippen MR) is 82.4 cm³/mol. The number of hydrogen-bond donors (Lipinski definition) is 1. The third-order valence-electron chi connectivity index (χ3n) is 2.66. The molecular weight excluding hydrogens is 341 g/mol. The minimum Gasteiger partial charge on any atom is -0.383 e. The van der Waals surface area contributed by atoms with Crippen LogP contribution in [-0.2, 0) is 11.2 Å². The molecule has 1 atom stereocenters. The highest BCUT2D eigenvalue weighted by atomic mass is 127. The van der Waals surface area contributed by atoms with Crippen molar-refractivity contribution < 1.29 is 4.74 Å². The van der Waals surface area contributed by atoms with Gasteiger partial charge in [-0.15, -0.1) is 0 Å². The number of nitrogens with zero attached hydrogens (tertiary/aromatic N) is 2. The van der Waals surface area contributed by atoms with E-state index in [0.29, 0.717) is 24.2 Å². The first-order valence-corrected chi connectivity index (χ1v) is 7.52. The van der Waals surface area contributed by atoms with E-state index in [0.717, 1.165) is 22.1 Å². The molecule has 0 aliphatic carbocycles. The van der Waals surface area contributed by atoms with Crippen LogP contribution >= 0.6 is 22.6 Å². The van der Waals surface area contributed by atoms with Gasteiger partial charge in [-0.05, 0) is 41.9 Å². The second-order valence-corrected chi connectivity index (χ2v) is 5.68. The third-order valence-corrected chi connectivity index (χ3v) is 3.83. The zero-order valence-electron chi connectivity index (χ0n) is 11.5. The second kappa shape index (κ2) is 7.23. The number of aromatic nitrogens is 2. The molecule has 1 aromatic heterocycles. The van der Waals surface area contributed by atoms with Crippen molar-refractivity contribution in [1.82, 2.24) is 9.97 Å². The topological polar surface area (TPSA) is 61.0 Å². The molecule has 5 heteroatoms. The lowest BCUT2D eigenvalue weighted by molar-refractivity contribution is 0.0231. The summed E-state index contributed by atoms with van der Waals surface area (Å²) in [7, 11) is 0. The van der Waals surface area contributed by atoms with E-state index in [-0.39, 0.29) is 6.10 Å². The van der Waals surface area contributed by atoms with Gasteiger partial charge in [-0.1, -0.05) is 27.2 Å². The molecule has 18 heavy (non-hydrogen) atoms. The number of hydrogen-bond acceptors (Lipinski definition) is 4. The maximum absolute atomic E-state index is 5.97. The summed E-state index contributed by atoms with van der Waals surface area (Å²) in [6.45, 7) is 8.99. The molecule has 0 aromatic carbocycles. The molecule has 1 rings (SSSR count). The van der Waals surface area contributed by atoms with Gasteiger partial charge in [0, 0.05) is 6.61 Å². The average Bonchev–Trinajstić information content (AvgIpc) is 2.31. The number of rotatable bonds is 6. The molecule has 4 nitrogen and oxygen atoms in total. The zero-order chi connectivity index (χ0) is 13.7. The standard InChI is InChI=1S/C13H22IN3O/c1-5-7-9-10(14)12(15)17-13(16-9)11(8(3)4)18-6-2/h8,11H,5-7H2,1-4H3,(H2,15,16,17). The Hall–Kier alpha value is -0.430. The Morgan fingerprint density at radius 1 is 1.28 bits per heavy atom. The molecule has 0 aliphatic rings. The highest BCUT2D eigenvalue weighted by Gasteiger charge is 2.21. The molecule has 0 fully saturated rings. The summed E-state index contributed by atoms with van der Waals surface area (Å²) >= 11 is 2.22. The third kappa shape index (κ3) is 3.78. The van der Waals surface area contributed by atoms with Crippen LogP contribution in [0.5, 0.6) is 0 Å². The highest BCUT2D eigenvalue weighted by Crippen LogP contribution is 2.26. The molecule has 0 saturated carbocycles. The quantitative estimate of drug-likeness (QED) is 0.788. The van der Waals surface area contributed by atoms with Crippen LogP contribution in [0.3, 0.4) is 0 Å². The monoisotopic (exact) mass is 363 g/mol. The van der Waals surface area contributed by atoms with Crippen molar-refractivity contribution in [2.75, 3.05) is 12.3 Å². The summed E-state index contributed by atoms with van der Waals surface area (Å²) < 4.78 is 6.70. The van der Waals surface area contributed by atoms with Crippen molar-refractivity contribution in [3.8, 4) is 0 Å². The van der Waals surface area contributed by atoms with Crippen LogP contribution in [0.4, 0.5) is 5.82 Å². The first-order valence-electron chi connectivity index (χ1n) is 6.44. The molecule has 1 aromatic rings. The van der Waals surface area contributed by atoms with Crippen LogP contribution in [-0.4, -0.2) is 16.6 Å². The van der Waals surface area contributed by atoms with Gasteiger partial charge in [0.15, 0.2) is 5.82 Å². The van der Waals surface area contributed by atoms with Gasteiger partial charge in [0.2, 0.25) is 0 Å². The van der Waals surface area contributed by atoms with Crippen LogP contribution in [0.2, 0.25) is 0 Å². The Morgan fingerprint density at radius 3 is 2.44 bits per heavy atom. The minimum atomic E-state index is -0.0788. The van der Waals surface area contributed by atoms with Gasteiger partial charge in [-0.3, -0.25) is 0 Å². The lowest BCUT2D eigenvalue weighted by Gasteiger charge is -2.20. The normalized spacial score (nSPS) is 13.0. The number of aryl methyl sites for hydroxylation is 1. The van der Waals surface area contributed by atoms with Gasteiger partial charge in [0.05, 0.1) is 9.26 Å². The van der Waals surface area contributed by atoms with Gasteiger partial charge < -0.3 is 10.5 Å². The Balaban J connectivity index is 3.14. The molecule has 0 aliphatic heterocycles. The van der Waals surface area contributed by atoms with Crippen LogP contribution in [0, 0.1) is 9.49 Å². The lowest BCUT2D eigenvalue weighted by atomic mass is 10.1. The molecule has 0 saturated heterocycles. The van der Waals surface area contributed by atoms with Gasteiger partial charge >= 0.3 is 0 Å². The highest BCUT2D eigenvalue weighted by molar-refractivity contribution is 14.1.